The second kappa shape index (κ2) is 64.3. The Labute approximate surface area is 860 Å². The van der Waals surface area contributed by atoms with Crippen molar-refractivity contribution in [2.75, 3.05) is 172 Å². The minimum Gasteiger partial charge on any atom is -0.464 e. The molecule has 0 saturated carbocycles. The molecule has 12 N–H and O–H groups in total. The molecule has 806 valence electrons. The Morgan fingerprint density at radius 2 is 0.694 bits per heavy atom. The molecule has 47 heteroatoms. The highest BCUT2D eigenvalue weighted by molar-refractivity contribution is 6.40. The average molecular weight is 2110 g/mol. The third kappa shape index (κ3) is 47.6. The molecule has 2 heterocycles. The summed E-state index contributed by atoms with van der Waals surface area (Å²) in [7, 11) is 5.38. The predicted molar refractivity (Wildman–Crippen MR) is 525 cm³/mol. The number of alkyl carbamates (subject to hydrolysis) is 2. The summed E-state index contributed by atoms with van der Waals surface area (Å²) in [6, 6.07) is 51.0. The number of nitrogens with two attached hydrogens (primary N) is 2. The van der Waals surface area contributed by atoms with E-state index >= 15 is 0 Å². The van der Waals surface area contributed by atoms with Crippen molar-refractivity contribution in [1.82, 2.24) is 40.0 Å². The highest BCUT2D eigenvalue weighted by Gasteiger charge is 2.46. The van der Waals surface area contributed by atoms with Crippen molar-refractivity contribution >= 4 is 124 Å². The van der Waals surface area contributed by atoms with E-state index in [0.717, 1.165) is 25.2 Å². The lowest BCUT2D eigenvalue weighted by Crippen LogP contribution is -2.57. The maximum Gasteiger partial charge on any atom is 0.412 e. The van der Waals surface area contributed by atoms with Crippen LogP contribution in [-0.2, 0) is 126 Å². The Balaban J connectivity index is 0.000000480. The molecule has 8 rings (SSSR count). The van der Waals surface area contributed by atoms with Crippen LogP contribution in [0.25, 0.3) is 0 Å². The van der Waals surface area contributed by atoms with Crippen LogP contribution in [0.3, 0.4) is 0 Å². The molecule has 6 amide bonds. The number of Topliss-reactive ketones (excluding diaryl/α,β-unsaturated/α-hetero) is 5. The first-order valence-corrected chi connectivity index (χ1v) is 46.7. The highest BCUT2D eigenvalue weighted by atomic mass is 35.5. The quantitative estimate of drug-likeness (QED) is 0.0103. The second-order valence-electron chi connectivity index (χ2n) is 36.1. The number of esters is 6. The number of nitrogens with zero attached hydrogens (tertiary/aromatic N) is 6. The number of ether oxygens (including phenoxy) is 12. The van der Waals surface area contributed by atoms with Gasteiger partial charge in [-0.05, 0) is 77.9 Å². The number of carbonyl (C=O) groups excluding carboxylic acids is 17. The number of likely N-dealkylation sites (N-methyl/N-ethyl adjacent to an activating group) is 4. The molecule has 0 aromatic heterocycles. The molecule has 0 aliphatic carbocycles. The van der Waals surface area contributed by atoms with Crippen LogP contribution in [0.15, 0.2) is 182 Å². The van der Waals surface area contributed by atoms with Gasteiger partial charge in [-0.3, -0.25) is 72.3 Å². The van der Waals surface area contributed by atoms with Crippen LogP contribution >= 0.6 is 23.2 Å². The average Bonchev–Trinajstić information content (AvgIpc) is 0.833. The Morgan fingerprint density at radius 1 is 0.415 bits per heavy atom. The van der Waals surface area contributed by atoms with Crippen LogP contribution in [0.5, 0.6) is 0 Å². The summed E-state index contributed by atoms with van der Waals surface area (Å²) >= 11 is 9.53. The molecular formula is C100H132Cl2N10O35. The summed E-state index contributed by atoms with van der Waals surface area (Å²) in [5.74, 6) is -8.64. The van der Waals surface area contributed by atoms with E-state index in [-0.39, 0.29) is 55.9 Å². The van der Waals surface area contributed by atoms with Crippen LogP contribution in [0.1, 0.15) is 104 Å². The molecule has 0 bridgehead atoms. The summed E-state index contributed by atoms with van der Waals surface area (Å²) in [4.78, 5) is 229. The number of nitrogens with one attached hydrogen (secondary N) is 2. The number of aliphatic hydroxyl groups is 6. The van der Waals surface area contributed by atoms with Gasteiger partial charge in [-0.1, -0.05) is 182 Å². The number of benzene rings is 6. The van der Waals surface area contributed by atoms with Gasteiger partial charge < -0.3 is 119 Å². The number of hydrogen-bond acceptors (Lipinski definition) is 39. The number of cyclic esters (lactones) is 4. The van der Waals surface area contributed by atoms with Gasteiger partial charge >= 0.3 is 72.4 Å². The fourth-order valence-corrected chi connectivity index (χ4v) is 12.9. The first-order chi connectivity index (χ1) is 69.6. The van der Waals surface area contributed by atoms with Crippen molar-refractivity contribution < 1.29 is 169 Å². The normalized spacial score (nSPS) is 16.4. The molecule has 0 spiro atoms. The molecule has 2 saturated heterocycles. The zero-order chi connectivity index (χ0) is 110. The molecule has 6 aromatic rings. The van der Waals surface area contributed by atoms with E-state index in [1.807, 2.05) is 6.07 Å². The number of halogens is 2. The van der Waals surface area contributed by atoms with Crippen molar-refractivity contribution in [1.29, 1.82) is 0 Å². The van der Waals surface area contributed by atoms with E-state index in [1.54, 1.807) is 193 Å². The molecule has 2 aliphatic heterocycles. The molecule has 4 atom stereocenters. The number of amides is 6. The van der Waals surface area contributed by atoms with Crippen LogP contribution in [0.2, 0.25) is 0 Å². The summed E-state index contributed by atoms with van der Waals surface area (Å²) in [5, 5.41) is 57.1. The summed E-state index contributed by atoms with van der Waals surface area (Å²) < 4.78 is 65.1. The standard InChI is InChI=1S/C44H52N4O14.C39H44N4O12.C12H23NO6.C4H11NO3.CH2Cl2/c1-43(2,3)62-40(54)45-22-34(49)21-44(29-60-36(51)24-47(5)41(55)57-26-31-15-9-6-10-16-31)28-59-35(50)23-46(4)39(38(53)33-19-13-8-14-20-33)48(25-37(52)61-30-44)42(56)58-27-32-17-11-7-12-18-32;1-41-20-32(45)53-25-39(18-31(44)19-40,26-54-33(46)21-42(2)37(49)51-23-28-12-6-3-7-13-28)27-55-34(47)22-43(36(41)35(48)30-16-10-5-11-17-30)38(50)52-24-29-14-8-4-9-15-29;1-11(2,3)19-10(18)13-5-9(17)4-12(6-14,7-15)8-16;5-4(1-6,2-7)3-8;2-1-3/h6-20,39H,21-30H2,1-5H3,(H,45,54);3-17,36H,18-27,40H2,1-2H3;14-16H,4-8H2,1-3H3,(H,13,18);6-8H,1-3,5H2;1H2. The van der Waals surface area contributed by atoms with Crippen LogP contribution in [0.4, 0.5) is 28.8 Å². The Hall–Kier alpha value is -13.7. The van der Waals surface area contributed by atoms with Gasteiger partial charge in [-0.2, -0.15) is 0 Å². The van der Waals surface area contributed by atoms with Crippen molar-refractivity contribution in [2.45, 2.75) is 116 Å². The predicted octanol–water partition coefficient (Wildman–Crippen LogP) is 5.25. The number of rotatable bonds is 37. The summed E-state index contributed by atoms with van der Waals surface area (Å²) in [5.41, 5.74) is 6.41. The van der Waals surface area contributed by atoms with E-state index < -0.39 is 291 Å². The topological polar surface area (TPSA) is 618 Å². The molecule has 147 heavy (non-hydrogen) atoms. The molecule has 2 aliphatic rings. The van der Waals surface area contributed by atoms with Crippen LogP contribution in [0, 0.1) is 16.2 Å². The van der Waals surface area contributed by atoms with E-state index in [0.29, 0.717) is 16.7 Å². The van der Waals surface area contributed by atoms with Crippen molar-refractivity contribution in [2.24, 2.45) is 27.7 Å². The van der Waals surface area contributed by atoms with Crippen molar-refractivity contribution in [3.63, 3.8) is 0 Å². The lowest BCUT2D eigenvalue weighted by atomic mass is 9.85. The SMILES string of the molecule is CC(C)(C)OC(=O)NCC(=O)CC(CO)(CO)CO.CN(CC(=O)OCC1(CC(=O)CN)COC(=O)CN(C)C(C(=O)c2ccccc2)N(C(=O)OCc2ccccc2)CC(=O)OC1)C(=O)OCc1ccccc1.CN(CC(=O)OCC1(CC(=O)CNC(=O)OC(C)(C)C)COC(=O)CN(C)C(C(=O)c2ccccc2)N(C(=O)OCc2ccccc2)CC(=O)OC1)C(=O)OCc1ccccc1.ClCCl.NC(CO)(CO)CO. The smallest absolute Gasteiger partial charge is 0.412 e. The molecule has 4 unspecified atom stereocenters. The van der Waals surface area contributed by atoms with E-state index in [1.165, 1.54) is 62.3 Å². The largest absolute Gasteiger partial charge is 0.464 e. The van der Waals surface area contributed by atoms with E-state index in [9.17, 15) is 81.5 Å². The molecule has 45 nitrogen and oxygen atoms in total. The molecule has 6 aromatic carbocycles. The summed E-state index contributed by atoms with van der Waals surface area (Å²) in [6.07, 6.45) is -9.75. The van der Waals surface area contributed by atoms with Crippen molar-refractivity contribution in [3.05, 3.63) is 215 Å². The van der Waals surface area contributed by atoms with Gasteiger partial charge in [-0.15, -0.1) is 23.2 Å². The first-order valence-electron chi connectivity index (χ1n) is 45.7. The number of carbonyl (C=O) groups is 17. The zero-order valence-electron chi connectivity index (χ0n) is 83.6. The Morgan fingerprint density at radius 3 is 0.973 bits per heavy atom. The van der Waals surface area contributed by atoms with Gasteiger partial charge in [0.1, 0.15) is 109 Å². The van der Waals surface area contributed by atoms with Gasteiger partial charge in [0.15, 0.2) is 35.5 Å². The molecule has 0 radical (unpaired) electrons. The van der Waals surface area contributed by atoms with Crippen molar-refractivity contribution in [3.8, 4) is 0 Å². The zero-order valence-corrected chi connectivity index (χ0v) is 85.1. The molecule has 2 fully saturated rings. The minimum atomic E-state index is -1.77. The highest BCUT2D eigenvalue weighted by Crippen LogP contribution is 2.31. The number of alkyl halides is 2. The summed E-state index contributed by atoms with van der Waals surface area (Å²) in [6.45, 7) is -2.42. The van der Waals surface area contributed by atoms with Gasteiger partial charge in [0, 0.05) is 49.9 Å². The number of hydrogen-bond donors (Lipinski definition) is 10. The maximum atomic E-state index is 14.1. The third-order valence-electron chi connectivity index (χ3n) is 20.8. The molecular weight excluding hydrogens is 1970 g/mol. The third-order valence-corrected chi connectivity index (χ3v) is 20.8. The van der Waals surface area contributed by atoms with Crippen LogP contribution < -0.4 is 22.1 Å². The Kier molecular flexibility index (Phi) is 54.9. The fraction of sp³-hybridized carbons (Fsp3) is 0.470. The number of aliphatic hydroxyl groups excluding tert-OH is 6. The lowest BCUT2D eigenvalue weighted by Gasteiger charge is -2.37. The first kappa shape index (κ1) is 126. The lowest BCUT2D eigenvalue weighted by molar-refractivity contribution is -0.169. The fourth-order valence-electron chi connectivity index (χ4n) is 12.9. The monoisotopic (exact) mass is 2100 g/mol. The van der Waals surface area contributed by atoms with Gasteiger partial charge in [0.25, 0.3) is 0 Å². The minimum absolute atomic E-state index is 0.0291. The van der Waals surface area contributed by atoms with Gasteiger partial charge in [0.2, 0.25) is 0 Å². The Bertz CT molecular complexity index is 5170. The van der Waals surface area contributed by atoms with E-state index in [4.69, 9.17) is 122 Å². The van der Waals surface area contributed by atoms with Crippen LogP contribution in [-0.4, -0.2) is 362 Å². The van der Waals surface area contributed by atoms with E-state index in [2.05, 4.69) is 10.6 Å². The second-order valence-corrected chi connectivity index (χ2v) is 36.9. The maximum absolute atomic E-state index is 14.1. The number of ketones is 5. The van der Waals surface area contributed by atoms with Gasteiger partial charge in [-0.25, -0.2) is 28.8 Å². The van der Waals surface area contributed by atoms with Gasteiger partial charge in [0.05, 0.1) is 94.1 Å².